The van der Waals surface area contributed by atoms with Crippen LogP contribution < -0.4 is 11.1 Å². The number of nitrogens with zero attached hydrogens (tertiary/aromatic N) is 2. The number of carboxylic acids is 1. The molecule has 3 aromatic rings. The normalized spacial score (nSPS) is 11.8. The van der Waals surface area contributed by atoms with Gasteiger partial charge in [-0.2, -0.15) is 0 Å². The third kappa shape index (κ3) is 4.92. The maximum absolute atomic E-state index is 10.9. The van der Waals surface area contributed by atoms with Crippen molar-refractivity contribution in [2.75, 3.05) is 5.32 Å². The van der Waals surface area contributed by atoms with Gasteiger partial charge in [0.1, 0.15) is 11.9 Å². The zero-order valence-corrected chi connectivity index (χ0v) is 16.0. The number of nitrogens with two attached hydrogens (primary N) is 1. The van der Waals surface area contributed by atoms with Crippen molar-refractivity contribution in [1.82, 2.24) is 9.97 Å². The van der Waals surface area contributed by atoms with Crippen LogP contribution in [0.2, 0.25) is 0 Å². The second-order valence-corrected chi connectivity index (χ2v) is 6.90. The number of carbonyl (C=O) groups is 1. The Morgan fingerprint density at radius 3 is 2.36 bits per heavy atom. The summed E-state index contributed by atoms with van der Waals surface area (Å²) in [5.41, 5.74) is 11.9. The van der Waals surface area contributed by atoms with E-state index in [1.807, 2.05) is 24.3 Å². The Morgan fingerprint density at radius 2 is 1.75 bits per heavy atom. The molecule has 144 valence electrons. The molecule has 1 unspecified atom stereocenters. The van der Waals surface area contributed by atoms with Gasteiger partial charge in [-0.05, 0) is 42.5 Å². The first kappa shape index (κ1) is 19.5. The molecule has 0 amide bonds. The maximum atomic E-state index is 10.9. The van der Waals surface area contributed by atoms with E-state index in [4.69, 9.17) is 10.8 Å². The summed E-state index contributed by atoms with van der Waals surface area (Å²) < 4.78 is 0. The molecular formula is C22H24N4O2. The largest absolute Gasteiger partial charge is 0.480 e. The molecule has 6 nitrogen and oxygen atoms in total. The second-order valence-electron chi connectivity index (χ2n) is 6.90. The molecule has 1 aromatic heterocycles. The van der Waals surface area contributed by atoms with Gasteiger partial charge in [0, 0.05) is 12.1 Å². The van der Waals surface area contributed by atoms with Crippen LogP contribution in [0.1, 0.15) is 22.3 Å². The van der Waals surface area contributed by atoms with Gasteiger partial charge in [-0.3, -0.25) is 9.78 Å². The van der Waals surface area contributed by atoms with Crippen molar-refractivity contribution in [1.29, 1.82) is 0 Å². The molecule has 1 atom stereocenters. The van der Waals surface area contributed by atoms with E-state index in [0.717, 1.165) is 16.8 Å². The third-order valence-electron chi connectivity index (χ3n) is 4.72. The van der Waals surface area contributed by atoms with Gasteiger partial charge < -0.3 is 16.2 Å². The molecule has 2 aromatic carbocycles. The maximum Gasteiger partial charge on any atom is 0.320 e. The summed E-state index contributed by atoms with van der Waals surface area (Å²) in [4.78, 5) is 19.8. The lowest BCUT2D eigenvalue weighted by atomic mass is 10.0. The van der Waals surface area contributed by atoms with Crippen molar-refractivity contribution in [3.05, 3.63) is 77.1 Å². The monoisotopic (exact) mass is 376 g/mol. The van der Waals surface area contributed by atoms with E-state index in [1.54, 1.807) is 12.4 Å². The fraction of sp³-hybridized carbons (Fsp3) is 0.227. The first-order valence-electron chi connectivity index (χ1n) is 9.12. The van der Waals surface area contributed by atoms with Gasteiger partial charge in [0.25, 0.3) is 0 Å². The number of aliphatic carboxylic acids is 1. The Bertz CT molecular complexity index is 953. The van der Waals surface area contributed by atoms with Crippen LogP contribution in [0.4, 0.5) is 5.82 Å². The van der Waals surface area contributed by atoms with Crippen LogP contribution >= 0.6 is 0 Å². The first-order chi connectivity index (χ1) is 13.4. The Hall–Kier alpha value is -3.25. The summed E-state index contributed by atoms with van der Waals surface area (Å²) in [6, 6.07) is 13.0. The van der Waals surface area contributed by atoms with Crippen LogP contribution in [-0.4, -0.2) is 27.1 Å². The predicted octanol–water partition coefficient (Wildman–Crippen LogP) is 3.33. The number of nitrogens with one attached hydrogen (secondary N) is 1. The molecule has 0 bridgehead atoms. The molecule has 0 aliphatic heterocycles. The van der Waals surface area contributed by atoms with Gasteiger partial charge in [-0.15, -0.1) is 0 Å². The smallest absolute Gasteiger partial charge is 0.320 e. The van der Waals surface area contributed by atoms with Crippen LogP contribution in [0.15, 0.2) is 54.9 Å². The van der Waals surface area contributed by atoms with Crippen LogP contribution in [0.25, 0.3) is 11.3 Å². The number of aryl methyl sites for hydroxylation is 2. The van der Waals surface area contributed by atoms with Gasteiger partial charge in [0.2, 0.25) is 0 Å². The number of carboxylic acid groups (broad SMARTS) is 1. The molecule has 0 fully saturated rings. The average molecular weight is 376 g/mol. The molecule has 0 aliphatic carbocycles. The second kappa shape index (κ2) is 8.63. The summed E-state index contributed by atoms with van der Waals surface area (Å²) in [7, 11) is 0. The Balaban J connectivity index is 1.62. The van der Waals surface area contributed by atoms with E-state index in [9.17, 15) is 4.79 Å². The lowest BCUT2D eigenvalue weighted by Crippen LogP contribution is -2.32. The van der Waals surface area contributed by atoms with Crippen LogP contribution in [0.3, 0.4) is 0 Å². The van der Waals surface area contributed by atoms with Crippen molar-refractivity contribution in [3.8, 4) is 11.3 Å². The fourth-order valence-electron chi connectivity index (χ4n) is 2.83. The number of aromatic nitrogens is 2. The number of anilines is 1. The Kier molecular flexibility index (Phi) is 6.01. The van der Waals surface area contributed by atoms with E-state index >= 15 is 0 Å². The highest BCUT2D eigenvalue weighted by Gasteiger charge is 2.12. The Labute approximate surface area is 164 Å². The van der Waals surface area contributed by atoms with E-state index < -0.39 is 12.0 Å². The topological polar surface area (TPSA) is 101 Å². The van der Waals surface area contributed by atoms with E-state index in [1.165, 1.54) is 16.7 Å². The predicted molar refractivity (Wildman–Crippen MR) is 110 cm³/mol. The molecule has 28 heavy (non-hydrogen) atoms. The van der Waals surface area contributed by atoms with Crippen molar-refractivity contribution in [2.45, 2.75) is 32.9 Å². The van der Waals surface area contributed by atoms with Crippen molar-refractivity contribution in [2.24, 2.45) is 5.73 Å². The summed E-state index contributed by atoms with van der Waals surface area (Å²) in [5, 5.41) is 12.2. The molecule has 0 saturated carbocycles. The number of hydrogen-bond acceptors (Lipinski definition) is 5. The van der Waals surface area contributed by atoms with Crippen molar-refractivity contribution >= 4 is 11.8 Å². The molecule has 4 N–H and O–H groups in total. The van der Waals surface area contributed by atoms with Gasteiger partial charge in [0.15, 0.2) is 0 Å². The highest BCUT2D eigenvalue weighted by molar-refractivity contribution is 5.73. The minimum absolute atomic E-state index is 0.294. The van der Waals surface area contributed by atoms with E-state index in [-0.39, 0.29) is 0 Å². The minimum Gasteiger partial charge on any atom is -0.480 e. The van der Waals surface area contributed by atoms with Crippen molar-refractivity contribution in [3.63, 3.8) is 0 Å². The molecule has 0 saturated heterocycles. The molecule has 0 aliphatic rings. The molecular weight excluding hydrogens is 352 g/mol. The van der Waals surface area contributed by atoms with Gasteiger partial charge in [0.05, 0.1) is 18.1 Å². The van der Waals surface area contributed by atoms with Gasteiger partial charge in [-0.25, -0.2) is 4.98 Å². The van der Waals surface area contributed by atoms with E-state index in [2.05, 4.69) is 47.3 Å². The molecule has 3 rings (SSSR count). The zero-order valence-electron chi connectivity index (χ0n) is 16.0. The summed E-state index contributed by atoms with van der Waals surface area (Å²) in [6.45, 7) is 4.89. The van der Waals surface area contributed by atoms with Crippen LogP contribution in [-0.2, 0) is 17.8 Å². The quantitative estimate of drug-likeness (QED) is 0.585. The number of hydrogen-bond donors (Lipinski definition) is 3. The van der Waals surface area contributed by atoms with Crippen LogP contribution in [0, 0.1) is 13.8 Å². The standard InChI is InChI=1S/C22H24N4O2/c1-14-3-4-17(9-15(14)2)11-25-21-13-24-20(12-26-21)18-7-5-16(6-8-18)10-19(23)22(27)28/h3-9,12-13,19H,10-11,23H2,1-2H3,(H,25,26)(H,27,28). The number of rotatable bonds is 7. The first-order valence-corrected chi connectivity index (χ1v) is 9.12. The average Bonchev–Trinajstić information content (AvgIpc) is 2.70. The third-order valence-corrected chi connectivity index (χ3v) is 4.72. The molecule has 0 radical (unpaired) electrons. The fourth-order valence-corrected chi connectivity index (χ4v) is 2.83. The SMILES string of the molecule is Cc1ccc(CNc2cnc(-c3ccc(CC(N)C(=O)O)cc3)cn2)cc1C. The molecule has 6 heteroatoms. The van der Waals surface area contributed by atoms with Crippen molar-refractivity contribution < 1.29 is 9.90 Å². The van der Waals surface area contributed by atoms with Gasteiger partial charge in [-0.1, -0.05) is 42.5 Å². The lowest BCUT2D eigenvalue weighted by Gasteiger charge is -2.09. The zero-order chi connectivity index (χ0) is 20.1. The Morgan fingerprint density at radius 1 is 1.04 bits per heavy atom. The summed E-state index contributed by atoms with van der Waals surface area (Å²) in [5.74, 6) is -0.287. The number of benzene rings is 2. The minimum atomic E-state index is -1.00. The lowest BCUT2D eigenvalue weighted by molar-refractivity contribution is -0.138. The van der Waals surface area contributed by atoms with Gasteiger partial charge >= 0.3 is 5.97 Å². The van der Waals surface area contributed by atoms with E-state index in [0.29, 0.717) is 18.8 Å². The van der Waals surface area contributed by atoms with Crippen LogP contribution in [0.5, 0.6) is 0 Å². The molecule has 0 spiro atoms. The summed E-state index contributed by atoms with van der Waals surface area (Å²) in [6.07, 6.45) is 3.73. The summed E-state index contributed by atoms with van der Waals surface area (Å²) >= 11 is 0. The highest BCUT2D eigenvalue weighted by atomic mass is 16.4. The molecule has 1 heterocycles. The highest BCUT2D eigenvalue weighted by Crippen LogP contribution is 2.18.